The van der Waals surface area contributed by atoms with Crippen LogP contribution in [0.15, 0.2) is 23.5 Å². The Balaban J connectivity index is 1.92. The molecule has 1 saturated heterocycles. The summed E-state index contributed by atoms with van der Waals surface area (Å²) in [5.41, 5.74) is 6.89. The molecule has 2 rings (SSSR count). The van der Waals surface area contributed by atoms with Gasteiger partial charge >= 0.3 is 0 Å². The molecule has 98 valence electrons. The molecule has 0 atom stereocenters. The van der Waals surface area contributed by atoms with Crippen LogP contribution >= 0.6 is 0 Å². The third-order valence-corrected chi connectivity index (χ3v) is 2.85. The van der Waals surface area contributed by atoms with E-state index in [0.717, 1.165) is 31.6 Å². The topological polar surface area (TPSA) is 90.0 Å². The number of hydrogen-bond acceptors (Lipinski definition) is 5. The van der Waals surface area contributed by atoms with Crippen LogP contribution in [-0.2, 0) is 16.1 Å². The van der Waals surface area contributed by atoms with E-state index in [1.807, 2.05) is 6.07 Å². The number of ether oxygens (including phenoxy) is 2. The number of nitrogens with two attached hydrogens (primary N) is 1. The summed E-state index contributed by atoms with van der Waals surface area (Å²) in [5.74, 6) is 0.00270. The first kappa shape index (κ1) is 12.8. The zero-order valence-electron chi connectivity index (χ0n) is 10.1. The van der Waals surface area contributed by atoms with Gasteiger partial charge in [-0.2, -0.15) is 0 Å². The monoisotopic (exact) mass is 251 g/mol. The van der Waals surface area contributed by atoms with Crippen molar-refractivity contribution in [2.45, 2.75) is 25.6 Å². The van der Waals surface area contributed by atoms with Gasteiger partial charge in [-0.3, -0.25) is 4.98 Å². The Bertz CT molecular complexity index is 417. The minimum atomic E-state index is 0.00270. The fourth-order valence-corrected chi connectivity index (χ4v) is 1.81. The highest BCUT2D eigenvalue weighted by atomic mass is 16.5. The van der Waals surface area contributed by atoms with Crippen molar-refractivity contribution in [2.75, 3.05) is 13.2 Å². The van der Waals surface area contributed by atoms with Crippen LogP contribution < -0.4 is 5.73 Å². The minimum Gasteiger partial charge on any atom is -0.409 e. The Labute approximate surface area is 105 Å². The van der Waals surface area contributed by atoms with Crippen LogP contribution in [0.3, 0.4) is 0 Å². The molecule has 0 saturated carbocycles. The van der Waals surface area contributed by atoms with Gasteiger partial charge in [-0.15, -0.1) is 0 Å². The Morgan fingerprint density at radius 1 is 1.56 bits per heavy atom. The smallest absolute Gasteiger partial charge is 0.188 e. The van der Waals surface area contributed by atoms with Crippen molar-refractivity contribution in [3.05, 3.63) is 29.6 Å². The summed E-state index contributed by atoms with van der Waals surface area (Å²) in [5, 5.41) is 11.5. The Kier molecular flexibility index (Phi) is 4.49. The van der Waals surface area contributed by atoms with Crippen LogP contribution in [0.2, 0.25) is 0 Å². The van der Waals surface area contributed by atoms with E-state index >= 15 is 0 Å². The van der Waals surface area contributed by atoms with Crippen molar-refractivity contribution < 1.29 is 14.7 Å². The zero-order valence-corrected chi connectivity index (χ0v) is 10.1. The summed E-state index contributed by atoms with van der Waals surface area (Å²) in [6.07, 6.45) is 3.73. The Hall–Kier alpha value is -1.66. The molecule has 3 N–H and O–H groups in total. The van der Waals surface area contributed by atoms with Crippen LogP contribution in [0, 0.1) is 0 Å². The maximum absolute atomic E-state index is 8.59. The summed E-state index contributed by atoms with van der Waals surface area (Å²) in [6, 6.07) is 3.61. The van der Waals surface area contributed by atoms with Crippen LogP contribution in [-0.4, -0.2) is 35.3 Å². The molecule has 6 nitrogen and oxygen atoms in total. The second-order valence-corrected chi connectivity index (χ2v) is 4.16. The lowest BCUT2D eigenvalue weighted by atomic mass is 10.1. The van der Waals surface area contributed by atoms with E-state index in [2.05, 4.69) is 10.1 Å². The molecule has 6 heteroatoms. The van der Waals surface area contributed by atoms with Gasteiger partial charge in [0.15, 0.2) is 5.84 Å². The van der Waals surface area contributed by atoms with Crippen LogP contribution in [0.25, 0.3) is 0 Å². The van der Waals surface area contributed by atoms with Crippen LogP contribution in [0.4, 0.5) is 0 Å². The van der Waals surface area contributed by atoms with E-state index < -0.39 is 0 Å². The van der Waals surface area contributed by atoms with Gasteiger partial charge in [-0.25, -0.2) is 0 Å². The lowest BCUT2D eigenvalue weighted by Gasteiger charge is -2.22. The van der Waals surface area contributed by atoms with Gasteiger partial charge in [0, 0.05) is 19.4 Å². The highest BCUT2D eigenvalue weighted by Gasteiger charge is 2.14. The molecular weight excluding hydrogens is 234 g/mol. The molecule has 0 aromatic carbocycles. The Morgan fingerprint density at radius 2 is 2.33 bits per heavy atom. The molecule has 1 aromatic heterocycles. The predicted octanol–water partition coefficient (Wildman–Crippen LogP) is 0.872. The molecule has 0 bridgehead atoms. The molecule has 18 heavy (non-hydrogen) atoms. The fourth-order valence-electron chi connectivity index (χ4n) is 1.81. The average Bonchev–Trinajstić information content (AvgIpc) is 2.45. The maximum atomic E-state index is 8.59. The molecule has 0 amide bonds. The van der Waals surface area contributed by atoms with Crippen molar-refractivity contribution in [1.29, 1.82) is 0 Å². The summed E-state index contributed by atoms with van der Waals surface area (Å²) in [4.78, 5) is 4.01. The van der Waals surface area contributed by atoms with Gasteiger partial charge in [-0.05, 0) is 30.5 Å². The van der Waals surface area contributed by atoms with Gasteiger partial charge in [0.25, 0.3) is 0 Å². The first-order valence-corrected chi connectivity index (χ1v) is 5.92. The first-order chi connectivity index (χ1) is 8.79. The average molecular weight is 251 g/mol. The lowest BCUT2D eigenvalue weighted by Crippen LogP contribution is -2.23. The first-order valence-electron chi connectivity index (χ1n) is 5.92. The number of aromatic nitrogens is 1. The van der Waals surface area contributed by atoms with Crippen molar-refractivity contribution in [3.8, 4) is 0 Å². The molecular formula is C12H17N3O3. The molecule has 0 aliphatic carbocycles. The molecule has 1 aliphatic rings. The SMILES string of the molecule is NC(=NO)c1cc(COC2CCOCC2)ccn1. The molecule has 1 aromatic rings. The van der Waals surface area contributed by atoms with E-state index in [9.17, 15) is 0 Å². The molecule has 0 unspecified atom stereocenters. The lowest BCUT2D eigenvalue weighted by molar-refractivity contribution is -0.0390. The molecule has 0 spiro atoms. The second-order valence-electron chi connectivity index (χ2n) is 4.16. The van der Waals surface area contributed by atoms with Crippen molar-refractivity contribution in [3.63, 3.8) is 0 Å². The van der Waals surface area contributed by atoms with Crippen molar-refractivity contribution in [2.24, 2.45) is 10.9 Å². The molecule has 0 radical (unpaired) electrons. The highest BCUT2D eigenvalue weighted by molar-refractivity contribution is 5.95. The number of hydrogen-bond donors (Lipinski definition) is 2. The van der Waals surface area contributed by atoms with E-state index in [1.54, 1.807) is 12.3 Å². The third kappa shape index (κ3) is 3.41. The number of pyridine rings is 1. The quantitative estimate of drug-likeness (QED) is 0.359. The standard InChI is InChI=1S/C12H17N3O3/c13-12(15-16)11-7-9(1-4-14-11)8-18-10-2-5-17-6-3-10/h1,4,7,10,16H,2-3,5-6,8H2,(H2,13,15). The van der Waals surface area contributed by atoms with Gasteiger partial charge < -0.3 is 20.4 Å². The summed E-state index contributed by atoms with van der Waals surface area (Å²) < 4.78 is 11.1. The van der Waals surface area contributed by atoms with E-state index in [-0.39, 0.29) is 11.9 Å². The predicted molar refractivity (Wildman–Crippen MR) is 65.4 cm³/mol. The fraction of sp³-hybridized carbons (Fsp3) is 0.500. The van der Waals surface area contributed by atoms with E-state index in [1.165, 1.54) is 0 Å². The second kappa shape index (κ2) is 6.32. The minimum absolute atomic E-state index is 0.00270. The van der Waals surface area contributed by atoms with Crippen molar-refractivity contribution in [1.82, 2.24) is 4.98 Å². The van der Waals surface area contributed by atoms with Gasteiger partial charge in [0.2, 0.25) is 0 Å². The number of amidine groups is 1. The van der Waals surface area contributed by atoms with E-state index in [0.29, 0.717) is 12.3 Å². The van der Waals surface area contributed by atoms with Gasteiger partial charge in [0.1, 0.15) is 5.69 Å². The largest absolute Gasteiger partial charge is 0.409 e. The zero-order chi connectivity index (χ0) is 12.8. The number of rotatable bonds is 4. The Morgan fingerprint density at radius 3 is 3.06 bits per heavy atom. The molecule has 1 fully saturated rings. The summed E-state index contributed by atoms with van der Waals surface area (Å²) in [6.45, 7) is 2.02. The highest BCUT2D eigenvalue weighted by Crippen LogP contribution is 2.13. The summed E-state index contributed by atoms with van der Waals surface area (Å²) in [7, 11) is 0. The third-order valence-electron chi connectivity index (χ3n) is 2.85. The normalized spacial score (nSPS) is 17.9. The maximum Gasteiger partial charge on any atom is 0.188 e. The number of oxime groups is 1. The van der Waals surface area contributed by atoms with Crippen molar-refractivity contribution >= 4 is 5.84 Å². The van der Waals surface area contributed by atoms with Gasteiger partial charge in [0.05, 0.1) is 12.7 Å². The molecule has 2 heterocycles. The van der Waals surface area contributed by atoms with Gasteiger partial charge in [-0.1, -0.05) is 5.16 Å². The summed E-state index contributed by atoms with van der Waals surface area (Å²) >= 11 is 0. The van der Waals surface area contributed by atoms with Crippen LogP contribution in [0.5, 0.6) is 0 Å². The van der Waals surface area contributed by atoms with Crippen LogP contribution in [0.1, 0.15) is 24.1 Å². The molecule has 1 aliphatic heterocycles. The number of nitrogens with zero attached hydrogens (tertiary/aromatic N) is 2. The van der Waals surface area contributed by atoms with E-state index in [4.69, 9.17) is 20.4 Å².